The van der Waals surface area contributed by atoms with Crippen LogP contribution in [0.15, 0.2) is 41.4 Å². The van der Waals surface area contributed by atoms with Crippen molar-refractivity contribution in [2.24, 2.45) is 4.99 Å². The minimum atomic E-state index is -0.594. The first-order valence-corrected chi connectivity index (χ1v) is 11.7. The zero-order chi connectivity index (χ0) is 24.3. The van der Waals surface area contributed by atoms with E-state index in [-0.39, 0.29) is 17.9 Å². The zero-order valence-corrected chi connectivity index (χ0v) is 20.4. The van der Waals surface area contributed by atoms with Crippen LogP contribution in [0.4, 0.5) is 4.79 Å². The maximum Gasteiger partial charge on any atom is 0.409 e. The van der Waals surface area contributed by atoms with Crippen LogP contribution in [0.25, 0.3) is 0 Å². The Balaban J connectivity index is 1.69. The predicted octanol–water partition coefficient (Wildman–Crippen LogP) is 4.54. The molecule has 0 aliphatic carbocycles. The van der Waals surface area contributed by atoms with Crippen LogP contribution >= 0.6 is 11.6 Å². The van der Waals surface area contributed by atoms with E-state index in [1.54, 1.807) is 44.2 Å². The number of rotatable bonds is 5. The smallest absolute Gasteiger partial charge is 0.409 e. The Kier molecular flexibility index (Phi) is 7.19. The maximum atomic E-state index is 12.2. The number of nitrogens with zero attached hydrogens (tertiary/aromatic N) is 2. The molecule has 1 spiro atoms. The van der Waals surface area contributed by atoms with Crippen LogP contribution in [0.2, 0.25) is 5.02 Å². The van der Waals surface area contributed by atoms with Crippen molar-refractivity contribution in [2.45, 2.75) is 37.9 Å². The Hall–Kier alpha value is -2.97. The number of hydrogen-bond acceptors (Lipinski definition) is 7. The van der Waals surface area contributed by atoms with Gasteiger partial charge in [-0.3, -0.25) is 10.3 Å². The number of carbonyl (C=O) groups is 1. The molecule has 1 amide bonds. The number of nitrogens with one attached hydrogen (secondary N) is 1. The number of benzene rings is 2. The van der Waals surface area contributed by atoms with Crippen molar-refractivity contribution in [1.29, 1.82) is 0 Å². The van der Waals surface area contributed by atoms with Gasteiger partial charge in [-0.2, -0.15) is 0 Å². The van der Waals surface area contributed by atoms with E-state index in [1.807, 2.05) is 18.2 Å². The lowest BCUT2D eigenvalue weighted by atomic mass is 9.87. The Labute approximate surface area is 204 Å². The first-order valence-electron chi connectivity index (χ1n) is 11.4. The van der Waals surface area contributed by atoms with Gasteiger partial charge in [0.1, 0.15) is 11.4 Å². The molecule has 1 atom stereocenters. The maximum absolute atomic E-state index is 12.2. The fraction of sp³-hybridized carbons (Fsp3) is 0.440. The summed E-state index contributed by atoms with van der Waals surface area (Å²) in [4.78, 5) is 19.0. The molecule has 8 nitrogen and oxygen atoms in total. The van der Waals surface area contributed by atoms with Crippen molar-refractivity contribution in [3.05, 3.63) is 52.5 Å². The molecule has 9 heteroatoms. The summed E-state index contributed by atoms with van der Waals surface area (Å²) < 4.78 is 16.1. The number of hydrogen-bond donors (Lipinski definition) is 2. The van der Waals surface area contributed by atoms with E-state index >= 15 is 0 Å². The summed E-state index contributed by atoms with van der Waals surface area (Å²) in [6, 6.07) is 10.7. The molecule has 4 rings (SSSR count). The second-order valence-corrected chi connectivity index (χ2v) is 8.89. The molecule has 2 aromatic carbocycles. The topological polar surface area (TPSA) is 92.6 Å². The van der Waals surface area contributed by atoms with Gasteiger partial charge in [0.15, 0.2) is 11.5 Å². The molecule has 2 N–H and O–H groups in total. The summed E-state index contributed by atoms with van der Waals surface area (Å²) >= 11 is 6.25. The van der Waals surface area contributed by atoms with Crippen molar-refractivity contribution in [2.75, 3.05) is 33.9 Å². The molecule has 0 bridgehead atoms. The zero-order valence-electron chi connectivity index (χ0n) is 19.6. The van der Waals surface area contributed by atoms with Crippen LogP contribution in [0.1, 0.15) is 43.4 Å². The van der Waals surface area contributed by atoms with E-state index in [9.17, 15) is 9.90 Å². The molecule has 2 heterocycles. The predicted molar refractivity (Wildman–Crippen MR) is 130 cm³/mol. The summed E-state index contributed by atoms with van der Waals surface area (Å²) in [5.74, 6) is 1.43. The molecule has 2 aliphatic rings. The lowest BCUT2D eigenvalue weighted by Crippen LogP contribution is -2.56. The number of methoxy groups -OCH3 is 2. The second-order valence-electron chi connectivity index (χ2n) is 8.45. The number of aliphatic imine (C=N–C) groups is 1. The van der Waals surface area contributed by atoms with E-state index in [0.29, 0.717) is 61.0 Å². The van der Waals surface area contributed by atoms with Gasteiger partial charge in [-0.15, -0.1) is 0 Å². The van der Waals surface area contributed by atoms with Crippen LogP contribution in [0.5, 0.6) is 17.2 Å². The second kappa shape index (κ2) is 10.1. The molecule has 0 saturated carbocycles. The van der Waals surface area contributed by atoms with Crippen molar-refractivity contribution >= 4 is 23.4 Å². The lowest BCUT2D eigenvalue weighted by Gasteiger charge is -2.45. The molecule has 2 aliphatic heterocycles. The standard InChI is InChI=1S/C25H30ClN3O5/c1-4-34-24(31)29-11-9-25(10-12-29)27-19(16-5-8-22(32-2)23(13-16)33-3)15-20(28-25)18-14-17(26)6-7-21(18)30/h5-8,13-14,19,27,30H,4,9-12,15H2,1-3H3. The molecule has 1 saturated heterocycles. The third kappa shape index (κ3) is 4.93. The first-order chi connectivity index (χ1) is 16.4. The van der Waals surface area contributed by atoms with Crippen molar-refractivity contribution in [3.8, 4) is 17.2 Å². The normalized spacial score (nSPS) is 19.5. The number of aromatic hydroxyl groups is 1. The number of ether oxygens (including phenoxy) is 3. The number of amides is 1. The molecule has 0 radical (unpaired) electrons. The van der Waals surface area contributed by atoms with Crippen molar-refractivity contribution in [3.63, 3.8) is 0 Å². The summed E-state index contributed by atoms with van der Waals surface area (Å²) in [7, 11) is 3.22. The van der Waals surface area contributed by atoms with E-state index in [1.165, 1.54) is 0 Å². The van der Waals surface area contributed by atoms with E-state index in [4.69, 9.17) is 30.8 Å². The highest BCUT2D eigenvalue weighted by Crippen LogP contribution is 2.39. The van der Waals surface area contributed by atoms with Gasteiger partial charge in [-0.1, -0.05) is 17.7 Å². The van der Waals surface area contributed by atoms with Gasteiger partial charge >= 0.3 is 6.09 Å². The Morgan fingerprint density at radius 2 is 1.91 bits per heavy atom. The highest BCUT2D eigenvalue weighted by Gasteiger charge is 2.41. The van der Waals surface area contributed by atoms with Crippen LogP contribution in [0, 0.1) is 0 Å². The highest BCUT2D eigenvalue weighted by atomic mass is 35.5. The van der Waals surface area contributed by atoms with Gasteiger partial charge in [-0.25, -0.2) is 4.79 Å². The molecular formula is C25H30ClN3O5. The molecule has 34 heavy (non-hydrogen) atoms. The van der Waals surface area contributed by atoms with Crippen LogP contribution in [-0.2, 0) is 4.74 Å². The number of likely N-dealkylation sites (tertiary alicyclic amines) is 1. The van der Waals surface area contributed by atoms with Gasteiger partial charge in [0.05, 0.1) is 20.8 Å². The molecular weight excluding hydrogens is 458 g/mol. The molecule has 1 fully saturated rings. The number of carbonyl (C=O) groups excluding carboxylic acids is 1. The third-order valence-corrected chi connectivity index (χ3v) is 6.62. The number of piperidine rings is 1. The number of phenols is 1. The van der Waals surface area contributed by atoms with Crippen LogP contribution in [-0.4, -0.2) is 61.4 Å². The van der Waals surface area contributed by atoms with E-state index < -0.39 is 5.66 Å². The fourth-order valence-corrected chi connectivity index (χ4v) is 4.79. The van der Waals surface area contributed by atoms with Crippen LogP contribution < -0.4 is 14.8 Å². The highest BCUT2D eigenvalue weighted by molar-refractivity contribution is 6.31. The Morgan fingerprint density at radius 3 is 2.59 bits per heavy atom. The summed E-state index contributed by atoms with van der Waals surface area (Å²) in [6.45, 7) is 3.18. The Morgan fingerprint density at radius 1 is 1.18 bits per heavy atom. The minimum absolute atomic E-state index is 0.0974. The van der Waals surface area contributed by atoms with E-state index in [0.717, 1.165) is 11.3 Å². The van der Waals surface area contributed by atoms with Gasteiger partial charge in [-0.05, 0) is 42.8 Å². The quantitative estimate of drug-likeness (QED) is 0.643. The summed E-state index contributed by atoms with van der Waals surface area (Å²) in [5.41, 5.74) is 1.80. The number of phenolic OH excluding ortho intramolecular Hbond substituents is 1. The third-order valence-electron chi connectivity index (χ3n) is 6.39. The monoisotopic (exact) mass is 487 g/mol. The molecule has 1 unspecified atom stereocenters. The lowest BCUT2D eigenvalue weighted by molar-refractivity contribution is 0.0779. The van der Waals surface area contributed by atoms with Crippen molar-refractivity contribution < 1.29 is 24.1 Å². The SMILES string of the molecule is CCOC(=O)N1CCC2(CC1)N=C(c1cc(Cl)ccc1O)CC(c1ccc(OC)c(OC)c1)N2. The van der Waals surface area contributed by atoms with E-state index in [2.05, 4.69) is 5.32 Å². The largest absolute Gasteiger partial charge is 0.507 e. The van der Waals surface area contributed by atoms with Crippen molar-refractivity contribution in [1.82, 2.24) is 10.2 Å². The number of halogens is 1. The Bertz CT molecular complexity index is 1080. The fourth-order valence-electron chi connectivity index (χ4n) is 4.62. The summed E-state index contributed by atoms with van der Waals surface area (Å²) in [5, 5.41) is 14.8. The first kappa shape index (κ1) is 24.2. The van der Waals surface area contributed by atoms with Gasteiger partial charge in [0.25, 0.3) is 0 Å². The summed E-state index contributed by atoms with van der Waals surface area (Å²) in [6.07, 6.45) is 1.47. The minimum Gasteiger partial charge on any atom is -0.507 e. The van der Waals surface area contributed by atoms with Gasteiger partial charge in [0, 0.05) is 54.7 Å². The molecule has 182 valence electrons. The van der Waals surface area contributed by atoms with Gasteiger partial charge in [0.2, 0.25) is 0 Å². The average molecular weight is 488 g/mol. The molecule has 0 aromatic heterocycles. The average Bonchev–Trinajstić information content (AvgIpc) is 2.85. The van der Waals surface area contributed by atoms with Crippen LogP contribution in [0.3, 0.4) is 0 Å². The molecule has 2 aromatic rings. The van der Waals surface area contributed by atoms with Gasteiger partial charge < -0.3 is 24.2 Å².